The number of carbonyl (C=O) groups excluding carboxylic acids is 1. The van der Waals surface area contributed by atoms with Crippen molar-refractivity contribution >= 4 is 11.9 Å². The number of aliphatic hydroxyl groups is 4. The molecule has 120 valence electrons. The van der Waals surface area contributed by atoms with Crippen molar-refractivity contribution in [2.75, 3.05) is 0 Å². The van der Waals surface area contributed by atoms with Crippen molar-refractivity contribution < 1.29 is 35.4 Å². The number of hydrogen-bond donors (Lipinski definition) is 6. The van der Waals surface area contributed by atoms with Gasteiger partial charge in [0.25, 0.3) is 0 Å². The lowest BCUT2D eigenvalue weighted by Crippen LogP contribution is -2.60. The van der Waals surface area contributed by atoms with Gasteiger partial charge in [0.1, 0.15) is 6.10 Å². The minimum Gasteiger partial charge on any atom is -0.504 e. The summed E-state index contributed by atoms with van der Waals surface area (Å²) in [4.78, 5) is 12.1. The Balaban J connectivity index is 2.19. The van der Waals surface area contributed by atoms with Gasteiger partial charge in [0.2, 0.25) is 0 Å². The Labute approximate surface area is 126 Å². The lowest BCUT2D eigenvalue weighted by molar-refractivity contribution is -0.182. The summed E-state index contributed by atoms with van der Waals surface area (Å²) >= 11 is 0. The van der Waals surface area contributed by atoms with Gasteiger partial charge in [0.05, 0.1) is 12.2 Å². The largest absolute Gasteiger partial charge is 0.504 e. The molecule has 1 fully saturated rings. The fourth-order valence-corrected chi connectivity index (χ4v) is 2.50. The first-order valence-corrected chi connectivity index (χ1v) is 6.75. The van der Waals surface area contributed by atoms with Crippen LogP contribution in [0.1, 0.15) is 18.4 Å². The zero-order valence-corrected chi connectivity index (χ0v) is 11.6. The molecule has 1 aromatic carbocycles. The molecule has 0 aromatic heterocycles. The number of aliphatic hydroxyl groups excluding tert-OH is 3. The van der Waals surface area contributed by atoms with Crippen molar-refractivity contribution in [2.24, 2.45) is 0 Å². The fraction of sp³-hybridized carbons (Fsp3) is 0.400. The van der Waals surface area contributed by atoms with E-state index < -0.39 is 29.7 Å². The Morgan fingerprint density at radius 3 is 2.50 bits per heavy atom. The summed E-state index contributed by atoms with van der Waals surface area (Å²) in [7, 11) is 0. The molecule has 0 aliphatic heterocycles. The van der Waals surface area contributed by atoms with Gasteiger partial charge in [0, 0.05) is 12.8 Å². The van der Waals surface area contributed by atoms with Crippen molar-refractivity contribution in [3.8, 4) is 11.5 Å². The van der Waals surface area contributed by atoms with Crippen LogP contribution in [-0.4, -0.2) is 60.3 Å². The van der Waals surface area contributed by atoms with Crippen molar-refractivity contribution in [3.63, 3.8) is 0 Å². The molecule has 0 bridgehead atoms. The van der Waals surface area contributed by atoms with E-state index in [0.29, 0.717) is 5.56 Å². The monoisotopic (exact) mass is 310 g/mol. The van der Waals surface area contributed by atoms with E-state index in [4.69, 9.17) is 0 Å². The molecule has 7 heteroatoms. The first kappa shape index (κ1) is 16.4. The highest BCUT2D eigenvalue weighted by Gasteiger charge is 2.50. The molecule has 7 nitrogen and oxygen atoms in total. The van der Waals surface area contributed by atoms with Crippen molar-refractivity contribution in [1.82, 2.24) is 0 Å². The number of rotatable bonds is 3. The fourth-order valence-electron chi connectivity index (χ4n) is 2.50. The van der Waals surface area contributed by atoms with E-state index in [2.05, 4.69) is 0 Å². The molecular formula is C15H18O7. The molecule has 1 aromatic rings. The summed E-state index contributed by atoms with van der Waals surface area (Å²) < 4.78 is 0. The van der Waals surface area contributed by atoms with Crippen LogP contribution in [0, 0.1) is 0 Å². The van der Waals surface area contributed by atoms with Crippen LogP contribution in [0.3, 0.4) is 0 Å². The smallest absolute Gasteiger partial charge is 0.190 e. The average molecular weight is 310 g/mol. The number of phenolic OH excluding ortho intramolecular Hbond substituents is 2. The summed E-state index contributed by atoms with van der Waals surface area (Å²) in [5.74, 6) is -1.54. The Morgan fingerprint density at radius 1 is 1.18 bits per heavy atom. The highest BCUT2D eigenvalue weighted by atomic mass is 16.4. The van der Waals surface area contributed by atoms with Gasteiger partial charge in [-0.25, -0.2) is 0 Å². The minimum absolute atomic E-state index is 0.119. The van der Waals surface area contributed by atoms with Gasteiger partial charge in [-0.15, -0.1) is 0 Å². The van der Waals surface area contributed by atoms with Crippen LogP contribution in [-0.2, 0) is 4.79 Å². The second-order valence-corrected chi connectivity index (χ2v) is 5.48. The maximum Gasteiger partial charge on any atom is 0.190 e. The zero-order chi connectivity index (χ0) is 16.5. The van der Waals surface area contributed by atoms with Gasteiger partial charge in [0.15, 0.2) is 22.9 Å². The first-order chi connectivity index (χ1) is 10.2. The van der Waals surface area contributed by atoms with Crippen LogP contribution in [0.25, 0.3) is 6.08 Å². The summed E-state index contributed by atoms with van der Waals surface area (Å²) in [6.07, 6.45) is -2.43. The molecule has 2 rings (SSSR count). The normalized spacial score (nSPS) is 32.3. The molecule has 1 saturated carbocycles. The molecule has 1 aliphatic rings. The molecule has 0 saturated heterocycles. The number of benzene rings is 1. The lowest BCUT2D eigenvalue weighted by Gasteiger charge is -2.40. The van der Waals surface area contributed by atoms with E-state index in [1.54, 1.807) is 0 Å². The topological polar surface area (TPSA) is 138 Å². The number of ketones is 1. The van der Waals surface area contributed by atoms with Crippen LogP contribution in [0.4, 0.5) is 0 Å². The molecule has 0 amide bonds. The molecule has 4 atom stereocenters. The lowest BCUT2D eigenvalue weighted by atomic mass is 9.76. The van der Waals surface area contributed by atoms with Crippen molar-refractivity contribution in [2.45, 2.75) is 36.8 Å². The second-order valence-electron chi connectivity index (χ2n) is 5.48. The van der Waals surface area contributed by atoms with E-state index in [1.165, 1.54) is 24.3 Å². The highest BCUT2D eigenvalue weighted by Crippen LogP contribution is 2.31. The predicted octanol–water partition coefficient (Wildman–Crippen LogP) is -0.712. The molecule has 1 aliphatic carbocycles. The molecule has 0 spiro atoms. The highest BCUT2D eigenvalue weighted by molar-refractivity contribution is 6.00. The SMILES string of the molecule is O=C(/C=C/c1ccc(O)c(O)c1)C1(O)CC(O)CC(O)C1O. The quantitative estimate of drug-likeness (QED) is 0.320. The van der Waals surface area contributed by atoms with Crippen LogP contribution in [0.5, 0.6) is 11.5 Å². The second kappa shape index (κ2) is 6.05. The Kier molecular flexibility index (Phi) is 4.52. The molecule has 22 heavy (non-hydrogen) atoms. The molecule has 0 radical (unpaired) electrons. The Bertz CT molecular complexity index is 598. The maximum atomic E-state index is 12.1. The Morgan fingerprint density at radius 2 is 1.86 bits per heavy atom. The van der Waals surface area contributed by atoms with Crippen LogP contribution in [0.2, 0.25) is 0 Å². The third-order valence-corrected chi connectivity index (χ3v) is 3.77. The number of carbonyl (C=O) groups is 1. The van der Waals surface area contributed by atoms with Crippen LogP contribution in [0.15, 0.2) is 24.3 Å². The first-order valence-electron chi connectivity index (χ1n) is 6.75. The summed E-state index contributed by atoms with van der Waals surface area (Å²) in [5.41, 5.74) is -1.88. The molecule has 0 heterocycles. The van der Waals surface area contributed by atoms with Crippen molar-refractivity contribution in [3.05, 3.63) is 29.8 Å². The van der Waals surface area contributed by atoms with Gasteiger partial charge >= 0.3 is 0 Å². The van der Waals surface area contributed by atoms with E-state index >= 15 is 0 Å². The van der Waals surface area contributed by atoms with Crippen LogP contribution >= 0.6 is 0 Å². The third kappa shape index (κ3) is 3.12. The predicted molar refractivity (Wildman–Crippen MR) is 76.0 cm³/mol. The van der Waals surface area contributed by atoms with Gasteiger partial charge in [-0.05, 0) is 23.8 Å². The van der Waals surface area contributed by atoms with Gasteiger partial charge in [-0.3, -0.25) is 4.79 Å². The van der Waals surface area contributed by atoms with E-state index in [0.717, 1.165) is 6.08 Å². The van der Waals surface area contributed by atoms with Gasteiger partial charge in [-0.1, -0.05) is 12.1 Å². The number of aromatic hydroxyl groups is 2. The van der Waals surface area contributed by atoms with Gasteiger partial charge < -0.3 is 30.6 Å². The third-order valence-electron chi connectivity index (χ3n) is 3.77. The van der Waals surface area contributed by atoms with E-state index in [1.807, 2.05) is 0 Å². The minimum atomic E-state index is -2.27. The molecule has 6 N–H and O–H groups in total. The van der Waals surface area contributed by atoms with Crippen LogP contribution < -0.4 is 0 Å². The number of phenols is 2. The molecular weight excluding hydrogens is 292 g/mol. The Hall–Kier alpha value is -1.93. The van der Waals surface area contributed by atoms with Gasteiger partial charge in [-0.2, -0.15) is 0 Å². The van der Waals surface area contributed by atoms with Crippen molar-refractivity contribution in [1.29, 1.82) is 0 Å². The maximum absolute atomic E-state index is 12.1. The standard InChI is InChI=1S/C15H18O7/c16-9-6-12(19)14(21)15(22,7-9)13(20)4-2-8-1-3-10(17)11(18)5-8/h1-5,9,12,14,16-19,21-22H,6-7H2/b4-2+. The number of hydrogen-bond acceptors (Lipinski definition) is 7. The van der Waals surface area contributed by atoms with E-state index in [9.17, 15) is 35.4 Å². The molecule has 4 unspecified atom stereocenters. The summed E-state index contributed by atoms with van der Waals surface area (Å²) in [6.45, 7) is 0. The zero-order valence-electron chi connectivity index (χ0n) is 11.6. The van der Waals surface area contributed by atoms with E-state index in [-0.39, 0.29) is 24.3 Å². The average Bonchev–Trinajstić information content (AvgIpc) is 2.45. The summed E-state index contributed by atoms with van der Waals surface area (Å²) in [5, 5.41) is 57.8. The summed E-state index contributed by atoms with van der Waals surface area (Å²) in [6, 6.07) is 3.88.